The van der Waals surface area contributed by atoms with E-state index >= 15 is 0 Å². The molecule has 0 fully saturated rings. The molecule has 3 heteroatoms. The Kier molecular flexibility index (Phi) is 3.64. The van der Waals surface area contributed by atoms with Crippen molar-refractivity contribution in [1.29, 1.82) is 0 Å². The lowest BCUT2D eigenvalue weighted by molar-refractivity contribution is 0.736. The summed E-state index contributed by atoms with van der Waals surface area (Å²) in [5.41, 5.74) is 8.43. The van der Waals surface area contributed by atoms with Crippen molar-refractivity contribution in [3.8, 4) is 0 Å². The highest BCUT2D eigenvalue weighted by atomic mass is 35.5. The van der Waals surface area contributed by atoms with Crippen LogP contribution in [0.5, 0.6) is 0 Å². The van der Waals surface area contributed by atoms with Gasteiger partial charge in [-0.3, -0.25) is 0 Å². The molecule has 1 unspecified atom stereocenters. The van der Waals surface area contributed by atoms with Gasteiger partial charge in [0, 0.05) is 15.9 Å². The molecule has 0 aliphatic heterocycles. The van der Waals surface area contributed by atoms with Gasteiger partial charge < -0.3 is 5.73 Å². The third kappa shape index (κ3) is 2.64. The van der Waals surface area contributed by atoms with Gasteiger partial charge in [0.05, 0.1) is 0 Å². The van der Waals surface area contributed by atoms with Crippen LogP contribution >= 0.6 is 22.9 Å². The molecule has 2 aromatic rings. The number of thiophene rings is 1. The summed E-state index contributed by atoms with van der Waals surface area (Å²) in [7, 11) is 0. The maximum absolute atomic E-state index is 6.18. The number of nitrogens with two attached hydrogens (primary N) is 1. The Balaban J connectivity index is 2.15. The lowest BCUT2D eigenvalue weighted by Gasteiger charge is -2.11. The average molecular weight is 252 g/mol. The van der Waals surface area contributed by atoms with Gasteiger partial charge in [-0.25, -0.2) is 0 Å². The van der Waals surface area contributed by atoms with E-state index in [9.17, 15) is 0 Å². The topological polar surface area (TPSA) is 26.0 Å². The Hall–Kier alpha value is -0.830. The first-order valence-electron chi connectivity index (χ1n) is 5.21. The summed E-state index contributed by atoms with van der Waals surface area (Å²) in [5, 5.41) is 2.86. The highest BCUT2D eigenvalue weighted by Crippen LogP contribution is 2.25. The fourth-order valence-electron chi connectivity index (χ4n) is 1.66. The number of halogens is 1. The summed E-state index contributed by atoms with van der Waals surface area (Å²) in [4.78, 5) is 1.21. The molecule has 0 spiro atoms. The van der Waals surface area contributed by atoms with Crippen LogP contribution in [0.25, 0.3) is 0 Å². The van der Waals surface area contributed by atoms with Crippen LogP contribution in [0, 0.1) is 6.92 Å². The van der Waals surface area contributed by atoms with Crippen LogP contribution in [0.3, 0.4) is 0 Å². The van der Waals surface area contributed by atoms with Crippen LogP contribution in [-0.4, -0.2) is 0 Å². The van der Waals surface area contributed by atoms with Crippen LogP contribution in [-0.2, 0) is 6.42 Å². The van der Waals surface area contributed by atoms with Gasteiger partial charge in [0.15, 0.2) is 0 Å². The molecule has 2 rings (SSSR count). The first-order chi connectivity index (χ1) is 7.66. The normalized spacial score (nSPS) is 12.7. The van der Waals surface area contributed by atoms with Crippen LogP contribution in [0.15, 0.2) is 35.7 Å². The first-order valence-corrected chi connectivity index (χ1v) is 6.46. The minimum Gasteiger partial charge on any atom is -0.323 e. The number of hydrogen-bond donors (Lipinski definition) is 1. The van der Waals surface area contributed by atoms with Crippen LogP contribution in [0.2, 0.25) is 5.02 Å². The molecule has 1 aromatic carbocycles. The predicted octanol–water partition coefficient (Wildman–Crippen LogP) is 3.95. The lowest BCUT2D eigenvalue weighted by atomic mass is 10.0. The van der Waals surface area contributed by atoms with Gasteiger partial charge in [-0.2, -0.15) is 0 Å². The Morgan fingerprint density at radius 2 is 2.19 bits per heavy atom. The zero-order valence-corrected chi connectivity index (χ0v) is 10.7. The molecule has 0 aliphatic rings. The van der Waals surface area contributed by atoms with Gasteiger partial charge in [-0.15, -0.1) is 11.3 Å². The molecule has 0 amide bonds. The molecule has 0 radical (unpaired) electrons. The van der Waals surface area contributed by atoms with Crippen molar-refractivity contribution in [2.24, 2.45) is 5.73 Å². The highest BCUT2D eigenvalue weighted by Gasteiger charge is 2.10. The van der Waals surface area contributed by atoms with E-state index < -0.39 is 0 Å². The summed E-state index contributed by atoms with van der Waals surface area (Å²) < 4.78 is 0. The molecule has 1 nitrogen and oxygen atoms in total. The fraction of sp³-hybridized carbons (Fsp3) is 0.231. The van der Waals surface area contributed by atoms with Gasteiger partial charge >= 0.3 is 0 Å². The van der Waals surface area contributed by atoms with Gasteiger partial charge in [0.25, 0.3) is 0 Å². The van der Waals surface area contributed by atoms with Gasteiger partial charge in [-0.1, -0.05) is 29.8 Å². The second kappa shape index (κ2) is 5.00. The van der Waals surface area contributed by atoms with Crippen LogP contribution < -0.4 is 5.73 Å². The van der Waals surface area contributed by atoms with E-state index in [1.54, 1.807) is 11.3 Å². The van der Waals surface area contributed by atoms with Gasteiger partial charge in [0.1, 0.15) is 0 Å². The van der Waals surface area contributed by atoms with Crippen molar-refractivity contribution in [2.75, 3.05) is 0 Å². The second-order valence-corrected chi connectivity index (χ2v) is 5.31. The second-order valence-electron chi connectivity index (χ2n) is 3.92. The maximum Gasteiger partial charge on any atom is 0.0441 e. The zero-order valence-electron chi connectivity index (χ0n) is 9.11. The minimum atomic E-state index is 0.0419. The van der Waals surface area contributed by atoms with Crippen molar-refractivity contribution >= 4 is 22.9 Å². The summed E-state index contributed by atoms with van der Waals surface area (Å²) >= 11 is 7.87. The molecule has 0 saturated heterocycles. The van der Waals surface area contributed by atoms with Crippen molar-refractivity contribution in [3.05, 3.63) is 56.7 Å². The Labute approximate surface area is 105 Å². The molecular weight excluding hydrogens is 238 g/mol. The van der Waals surface area contributed by atoms with E-state index in [0.717, 1.165) is 17.0 Å². The number of hydrogen-bond acceptors (Lipinski definition) is 2. The van der Waals surface area contributed by atoms with Crippen LogP contribution in [0.1, 0.15) is 22.0 Å². The lowest BCUT2D eigenvalue weighted by Crippen LogP contribution is -2.12. The third-order valence-corrected chi connectivity index (χ3v) is 3.91. The monoisotopic (exact) mass is 251 g/mol. The molecule has 0 bridgehead atoms. The van der Waals surface area contributed by atoms with Gasteiger partial charge in [-0.05, 0) is 42.0 Å². The molecular formula is C13H14ClNS. The van der Waals surface area contributed by atoms with Gasteiger partial charge in [0.2, 0.25) is 0 Å². The van der Waals surface area contributed by atoms with E-state index in [-0.39, 0.29) is 6.04 Å². The van der Waals surface area contributed by atoms with Crippen LogP contribution in [0.4, 0.5) is 0 Å². The third-order valence-electron chi connectivity index (χ3n) is 2.56. The summed E-state index contributed by atoms with van der Waals surface area (Å²) in [5.74, 6) is 0. The molecule has 84 valence electrons. The highest BCUT2D eigenvalue weighted by molar-refractivity contribution is 7.10. The number of rotatable bonds is 3. The summed E-state index contributed by atoms with van der Waals surface area (Å²) in [6.45, 7) is 2.04. The fourth-order valence-corrected chi connectivity index (χ4v) is 2.70. The smallest absolute Gasteiger partial charge is 0.0441 e. The predicted molar refractivity (Wildman–Crippen MR) is 71.1 cm³/mol. The molecule has 1 heterocycles. The number of aryl methyl sites for hydroxylation is 1. The summed E-state index contributed by atoms with van der Waals surface area (Å²) in [6.07, 6.45) is 0.791. The quantitative estimate of drug-likeness (QED) is 0.878. The Bertz CT molecular complexity index is 465. The molecule has 1 atom stereocenters. The van der Waals surface area contributed by atoms with E-state index in [0.29, 0.717) is 0 Å². The van der Waals surface area contributed by atoms with Crippen molar-refractivity contribution in [1.82, 2.24) is 0 Å². The van der Waals surface area contributed by atoms with E-state index in [1.165, 1.54) is 10.4 Å². The molecule has 2 N–H and O–H groups in total. The minimum absolute atomic E-state index is 0.0419. The van der Waals surface area contributed by atoms with Crippen molar-refractivity contribution < 1.29 is 0 Å². The van der Waals surface area contributed by atoms with Crippen molar-refractivity contribution in [2.45, 2.75) is 19.4 Å². The first kappa shape index (κ1) is 11.6. The maximum atomic E-state index is 6.18. The standard InChI is InChI=1S/C13H14ClNS/c1-9-4-5-10(11(14)7-9)8-12(15)13-3-2-6-16-13/h2-7,12H,8,15H2,1H3. The van der Waals surface area contributed by atoms with E-state index in [2.05, 4.69) is 18.2 Å². The SMILES string of the molecule is Cc1ccc(CC(N)c2cccs2)c(Cl)c1. The molecule has 16 heavy (non-hydrogen) atoms. The summed E-state index contributed by atoms with van der Waals surface area (Å²) in [6, 6.07) is 10.2. The number of benzene rings is 1. The average Bonchev–Trinajstić information content (AvgIpc) is 2.75. The Morgan fingerprint density at radius 1 is 1.38 bits per heavy atom. The molecule has 0 saturated carbocycles. The van der Waals surface area contributed by atoms with E-state index in [4.69, 9.17) is 17.3 Å². The zero-order chi connectivity index (χ0) is 11.5. The Morgan fingerprint density at radius 3 is 2.81 bits per heavy atom. The van der Waals surface area contributed by atoms with Crippen molar-refractivity contribution in [3.63, 3.8) is 0 Å². The van der Waals surface area contributed by atoms with E-state index in [1.807, 2.05) is 24.4 Å². The molecule has 1 aromatic heterocycles. The largest absolute Gasteiger partial charge is 0.323 e. The molecule has 0 aliphatic carbocycles.